The number of nitrogens with zero attached hydrogens (tertiary/aromatic N) is 2. The number of carbonyl (C=O) groups excluding carboxylic acids is 1. The lowest BCUT2D eigenvalue weighted by atomic mass is 10.1. The third-order valence-electron chi connectivity index (χ3n) is 3.00. The minimum absolute atomic E-state index is 0.171. The standard InChI is InChI=1S/C15H18N2O3/c1-15(2,3)20-14(18)17-12(9-19-10-16)8-11-6-4-5-7-13(11)17/h4-7,12H,8-9H2,1-3H3. The summed E-state index contributed by atoms with van der Waals surface area (Å²) < 4.78 is 10.3. The summed E-state index contributed by atoms with van der Waals surface area (Å²) in [5, 5.41) is 8.55. The van der Waals surface area contributed by atoms with Gasteiger partial charge in [0.25, 0.3) is 6.26 Å². The van der Waals surface area contributed by atoms with E-state index in [9.17, 15) is 4.79 Å². The molecule has 106 valence electrons. The van der Waals surface area contributed by atoms with Crippen molar-refractivity contribution < 1.29 is 14.3 Å². The van der Waals surface area contributed by atoms with Crippen LogP contribution in [0.25, 0.3) is 0 Å². The van der Waals surface area contributed by atoms with Gasteiger partial charge in [-0.3, -0.25) is 4.90 Å². The first kappa shape index (κ1) is 14.2. The molecule has 0 bridgehead atoms. The van der Waals surface area contributed by atoms with Crippen LogP contribution in [0.4, 0.5) is 10.5 Å². The number of nitriles is 1. The fourth-order valence-corrected chi connectivity index (χ4v) is 2.29. The van der Waals surface area contributed by atoms with E-state index in [2.05, 4.69) is 0 Å². The lowest BCUT2D eigenvalue weighted by Gasteiger charge is -2.28. The SMILES string of the molecule is CC(C)(C)OC(=O)N1c2ccccc2CC1COC#N. The molecule has 5 heteroatoms. The first-order valence-corrected chi connectivity index (χ1v) is 6.53. The maximum atomic E-state index is 12.4. The quantitative estimate of drug-likeness (QED) is 0.778. The molecule has 20 heavy (non-hydrogen) atoms. The fourth-order valence-electron chi connectivity index (χ4n) is 2.29. The topological polar surface area (TPSA) is 62.6 Å². The number of para-hydroxylation sites is 1. The van der Waals surface area contributed by atoms with Crippen molar-refractivity contribution in [1.82, 2.24) is 0 Å². The molecule has 1 heterocycles. The van der Waals surface area contributed by atoms with Crippen LogP contribution in [0.2, 0.25) is 0 Å². The van der Waals surface area contributed by atoms with Crippen LogP contribution in [0.1, 0.15) is 26.3 Å². The first-order chi connectivity index (χ1) is 9.42. The molecule has 1 aliphatic heterocycles. The van der Waals surface area contributed by atoms with E-state index in [1.54, 1.807) is 11.2 Å². The second-order valence-corrected chi connectivity index (χ2v) is 5.74. The summed E-state index contributed by atoms with van der Waals surface area (Å²) >= 11 is 0. The van der Waals surface area contributed by atoms with E-state index >= 15 is 0 Å². The van der Waals surface area contributed by atoms with Gasteiger partial charge in [0.15, 0.2) is 0 Å². The fraction of sp³-hybridized carbons (Fsp3) is 0.467. The van der Waals surface area contributed by atoms with E-state index in [-0.39, 0.29) is 12.6 Å². The van der Waals surface area contributed by atoms with Gasteiger partial charge in [0.1, 0.15) is 12.2 Å². The van der Waals surface area contributed by atoms with Crippen molar-refractivity contribution in [2.45, 2.75) is 38.8 Å². The number of anilines is 1. The van der Waals surface area contributed by atoms with Crippen molar-refractivity contribution in [2.24, 2.45) is 0 Å². The Kier molecular flexibility index (Phi) is 3.84. The van der Waals surface area contributed by atoms with Gasteiger partial charge in [-0.25, -0.2) is 4.79 Å². The second-order valence-electron chi connectivity index (χ2n) is 5.74. The van der Waals surface area contributed by atoms with Gasteiger partial charge in [0.05, 0.1) is 11.7 Å². The van der Waals surface area contributed by atoms with Crippen LogP contribution in [0.5, 0.6) is 0 Å². The molecule has 1 amide bonds. The molecular weight excluding hydrogens is 256 g/mol. The Labute approximate surface area is 118 Å². The van der Waals surface area contributed by atoms with E-state index < -0.39 is 11.7 Å². The zero-order chi connectivity index (χ0) is 14.8. The summed E-state index contributed by atoms with van der Waals surface area (Å²) in [6, 6.07) is 7.45. The van der Waals surface area contributed by atoms with Gasteiger partial charge in [-0.1, -0.05) is 18.2 Å². The molecule has 0 aliphatic carbocycles. The molecule has 1 aliphatic rings. The molecule has 0 saturated carbocycles. The van der Waals surface area contributed by atoms with Crippen molar-refractivity contribution in [3.8, 4) is 6.26 Å². The molecule has 1 atom stereocenters. The number of hydrogen-bond donors (Lipinski definition) is 0. The zero-order valence-corrected chi connectivity index (χ0v) is 11.9. The molecule has 1 unspecified atom stereocenters. The van der Waals surface area contributed by atoms with Gasteiger partial charge in [-0.05, 0) is 38.8 Å². The minimum Gasteiger partial charge on any atom is -0.443 e. The molecule has 0 aromatic heterocycles. The lowest BCUT2D eigenvalue weighted by molar-refractivity contribution is 0.0556. The highest BCUT2D eigenvalue weighted by molar-refractivity contribution is 5.91. The maximum absolute atomic E-state index is 12.4. The zero-order valence-electron chi connectivity index (χ0n) is 11.9. The van der Waals surface area contributed by atoms with E-state index in [1.807, 2.05) is 45.0 Å². The minimum atomic E-state index is -0.560. The molecule has 0 spiro atoms. The Morgan fingerprint density at radius 2 is 2.15 bits per heavy atom. The average Bonchev–Trinajstić information content (AvgIpc) is 2.72. The van der Waals surface area contributed by atoms with Gasteiger partial charge in [-0.15, -0.1) is 0 Å². The number of amides is 1. The first-order valence-electron chi connectivity index (χ1n) is 6.53. The molecule has 5 nitrogen and oxygen atoms in total. The number of carbonyl (C=O) groups is 1. The smallest absolute Gasteiger partial charge is 0.415 e. The third-order valence-corrected chi connectivity index (χ3v) is 3.00. The van der Waals surface area contributed by atoms with Gasteiger partial charge >= 0.3 is 6.09 Å². The van der Waals surface area contributed by atoms with Crippen LogP contribution in [-0.4, -0.2) is 24.3 Å². The highest BCUT2D eigenvalue weighted by Gasteiger charge is 2.36. The van der Waals surface area contributed by atoms with E-state index in [0.29, 0.717) is 6.42 Å². The van der Waals surface area contributed by atoms with Crippen molar-refractivity contribution in [1.29, 1.82) is 5.26 Å². The van der Waals surface area contributed by atoms with E-state index in [1.165, 1.54) is 0 Å². The molecule has 1 aromatic carbocycles. The summed E-state index contributed by atoms with van der Waals surface area (Å²) in [5.74, 6) is 0. The van der Waals surface area contributed by atoms with Crippen molar-refractivity contribution in [3.05, 3.63) is 29.8 Å². The van der Waals surface area contributed by atoms with Crippen LogP contribution in [0.15, 0.2) is 24.3 Å². The Hall–Kier alpha value is -2.22. The molecular formula is C15H18N2O3. The van der Waals surface area contributed by atoms with E-state index in [0.717, 1.165) is 11.3 Å². The van der Waals surface area contributed by atoms with Crippen LogP contribution >= 0.6 is 0 Å². The van der Waals surface area contributed by atoms with Crippen molar-refractivity contribution in [2.75, 3.05) is 11.5 Å². The molecule has 0 fully saturated rings. The number of rotatable bonds is 2. The Bertz CT molecular complexity index is 543. The Morgan fingerprint density at radius 1 is 1.45 bits per heavy atom. The Balaban J connectivity index is 2.25. The van der Waals surface area contributed by atoms with E-state index in [4.69, 9.17) is 14.7 Å². The van der Waals surface area contributed by atoms with Gasteiger partial charge < -0.3 is 9.47 Å². The third kappa shape index (κ3) is 3.02. The normalized spacial score (nSPS) is 17.3. The largest absolute Gasteiger partial charge is 0.443 e. The number of benzene rings is 1. The molecule has 0 N–H and O–H groups in total. The van der Waals surface area contributed by atoms with Gasteiger partial charge in [0.2, 0.25) is 0 Å². The molecule has 1 aromatic rings. The molecule has 0 radical (unpaired) electrons. The van der Waals surface area contributed by atoms with Crippen LogP contribution < -0.4 is 4.90 Å². The van der Waals surface area contributed by atoms with Gasteiger partial charge in [0, 0.05) is 0 Å². The van der Waals surface area contributed by atoms with Crippen LogP contribution in [0.3, 0.4) is 0 Å². The summed E-state index contributed by atoms with van der Waals surface area (Å²) in [4.78, 5) is 13.9. The van der Waals surface area contributed by atoms with Gasteiger partial charge in [-0.2, -0.15) is 5.26 Å². The monoisotopic (exact) mass is 274 g/mol. The maximum Gasteiger partial charge on any atom is 0.415 e. The summed E-state index contributed by atoms with van der Waals surface area (Å²) in [6.07, 6.45) is 1.91. The molecule has 0 saturated heterocycles. The Morgan fingerprint density at radius 3 is 2.80 bits per heavy atom. The summed E-state index contributed by atoms with van der Waals surface area (Å²) in [6.45, 7) is 5.65. The second kappa shape index (κ2) is 5.41. The molecule has 2 rings (SSSR count). The van der Waals surface area contributed by atoms with Crippen LogP contribution in [-0.2, 0) is 15.9 Å². The average molecular weight is 274 g/mol. The highest BCUT2D eigenvalue weighted by atomic mass is 16.6. The number of ether oxygens (including phenoxy) is 2. The summed E-state index contributed by atoms with van der Waals surface area (Å²) in [5.41, 5.74) is 1.33. The van der Waals surface area contributed by atoms with Crippen molar-refractivity contribution >= 4 is 11.8 Å². The van der Waals surface area contributed by atoms with Crippen molar-refractivity contribution in [3.63, 3.8) is 0 Å². The lowest BCUT2D eigenvalue weighted by Crippen LogP contribution is -2.43. The predicted octanol–water partition coefficient (Wildman–Crippen LogP) is 2.85. The predicted molar refractivity (Wildman–Crippen MR) is 74.2 cm³/mol. The highest BCUT2D eigenvalue weighted by Crippen LogP contribution is 2.33. The number of fused-ring (bicyclic) bond motifs is 1. The number of hydrogen-bond acceptors (Lipinski definition) is 4. The van der Waals surface area contributed by atoms with Crippen LogP contribution in [0, 0.1) is 11.5 Å². The summed E-state index contributed by atoms with van der Waals surface area (Å²) in [7, 11) is 0.